The summed E-state index contributed by atoms with van der Waals surface area (Å²) in [5, 5.41) is 3.48. The first kappa shape index (κ1) is 15.8. The third-order valence-corrected chi connectivity index (χ3v) is 3.49. The molecule has 1 heterocycles. The molecule has 1 aromatic carbocycles. The van der Waals surface area contributed by atoms with E-state index in [0.717, 1.165) is 23.4 Å². The third-order valence-electron chi connectivity index (χ3n) is 3.49. The molecule has 0 bridgehead atoms. The summed E-state index contributed by atoms with van der Waals surface area (Å²) in [6.07, 6.45) is 0.173. The molecule has 4 heteroatoms. The van der Waals surface area contributed by atoms with Crippen LogP contribution in [0.25, 0.3) is 0 Å². The molecule has 1 atom stereocenters. The molecule has 0 aromatic heterocycles. The smallest absolute Gasteiger partial charge is 0.347 e. The highest BCUT2D eigenvalue weighted by Gasteiger charge is 2.29. The van der Waals surface area contributed by atoms with Crippen LogP contribution in [0.3, 0.4) is 0 Å². The van der Waals surface area contributed by atoms with Crippen molar-refractivity contribution < 1.29 is 14.3 Å². The SMILES string of the molecule is Cc1cc(CNC(C)(C)C)cc(C)c1OC1CCOC1=O. The lowest BCUT2D eigenvalue weighted by molar-refractivity contribution is -0.143. The van der Waals surface area contributed by atoms with Crippen molar-refractivity contribution >= 4 is 5.97 Å². The fraction of sp³-hybridized carbons (Fsp3) is 0.588. The summed E-state index contributed by atoms with van der Waals surface area (Å²) in [6, 6.07) is 4.22. The maximum Gasteiger partial charge on any atom is 0.347 e. The summed E-state index contributed by atoms with van der Waals surface area (Å²) >= 11 is 0. The number of ether oxygens (including phenoxy) is 2. The topological polar surface area (TPSA) is 47.6 Å². The Labute approximate surface area is 126 Å². The molecule has 0 radical (unpaired) electrons. The van der Waals surface area contributed by atoms with Gasteiger partial charge in [-0.2, -0.15) is 0 Å². The predicted molar refractivity (Wildman–Crippen MR) is 82.5 cm³/mol. The highest BCUT2D eigenvalue weighted by atomic mass is 16.6. The van der Waals surface area contributed by atoms with Crippen LogP contribution in [0, 0.1) is 13.8 Å². The molecule has 1 unspecified atom stereocenters. The minimum absolute atomic E-state index is 0.0879. The van der Waals surface area contributed by atoms with E-state index in [9.17, 15) is 4.79 Å². The normalized spacial score (nSPS) is 18.7. The van der Waals surface area contributed by atoms with Gasteiger partial charge in [0.1, 0.15) is 5.75 Å². The Morgan fingerprint density at radius 1 is 1.29 bits per heavy atom. The minimum Gasteiger partial charge on any atom is -0.478 e. The van der Waals surface area contributed by atoms with Crippen LogP contribution < -0.4 is 10.1 Å². The molecule has 1 aliphatic rings. The van der Waals surface area contributed by atoms with Gasteiger partial charge in [-0.25, -0.2) is 4.79 Å². The maximum absolute atomic E-state index is 11.5. The standard InChI is InChI=1S/C17H25NO3/c1-11-8-13(10-18-17(3,4)5)9-12(2)15(11)21-14-6-7-20-16(14)19/h8-9,14,18H,6-7,10H2,1-5H3. The Bertz CT molecular complexity index is 508. The minimum atomic E-state index is -0.457. The average Bonchev–Trinajstić information content (AvgIpc) is 2.76. The number of aryl methyl sites for hydroxylation is 2. The third kappa shape index (κ3) is 4.21. The molecular formula is C17H25NO3. The van der Waals surface area contributed by atoms with E-state index in [1.54, 1.807) is 0 Å². The second-order valence-corrected chi connectivity index (χ2v) is 6.72. The number of hydrogen-bond acceptors (Lipinski definition) is 4. The van der Waals surface area contributed by atoms with Crippen molar-refractivity contribution in [3.05, 3.63) is 28.8 Å². The van der Waals surface area contributed by atoms with Gasteiger partial charge in [-0.05, 0) is 51.3 Å². The molecule has 116 valence electrons. The van der Waals surface area contributed by atoms with Gasteiger partial charge in [0.2, 0.25) is 0 Å². The molecule has 0 spiro atoms. The van der Waals surface area contributed by atoms with Crippen LogP contribution in [0.1, 0.15) is 43.9 Å². The number of benzene rings is 1. The monoisotopic (exact) mass is 291 g/mol. The van der Waals surface area contributed by atoms with Crippen LogP contribution in [0.2, 0.25) is 0 Å². The molecule has 0 amide bonds. The van der Waals surface area contributed by atoms with Gasteiger partial charge in [0, 0.05) is 18.5 Å². The van der Waals surface area contributed by atoms with Gasteiger partial charge in [0.05, 0.1) is 6.61 Å². The Balaban J connectivity index is 2.11. The largest absolute Gasteiger partial charge is 0.478 e. The fourth-order valence-corrected chi connectivity index (χ4v) is 2.42. The van der Waals surface area contributed by atoms with Crippen molar-refractivity contribution in [2.75, 3.05) is 6.61 Å². The van der Waals surface area contributed by atoms with Crippen molar-refractivity contribution in [1.82, 2.24) is 5.32 Å². The molecule has 1 saturated heterocycles. The van der Waals surface area contributed by atoms with Crippen molar-refractivity contribution in [2.24, 2.45) is 0 Å². The summed E-state index contributed by atoms with van der Waals surface area (Å²) in [7, 11) is 0. The van der Waals surface area contributed by atoms with E-state index in [4.69, 9.17) is 9.47 Å². The molecule has 1 aliphatic heterocycles. The second-order valence-electron chi connectivity index (χ2n) is 6.72. The van der Waals surface area contributed by atoms with Gasteiger partial charge >= 0.3 is 5.97 Å². The van der Waals surface area contributed by atoms with E-state index in [-0.39, 0.29) is 11.5 Å². The number of rotatable bonds is 4. The highest BCUT2D eigenvalue weighted by Crippen LogP contribution is 2.28. The van der Waals surface area contributed by atoms with Crippen LogP contribution in [0.15, 0.2) is 12.1 Å². The van der Waals surface area contributed by atoms with Crippen LogP contribution in [-0.2, 0) is 16.1 Å². The van der Waals surface area contributed by atoms with Gasteiger partial charge in [0.25, 0.3) is 0 Å². The Kier molecular flexibility index (Phi) is 4.57. The van der Waals surface area contributed by atoms with Gasteiger partial charge in [-0.1, -0.05) is 12.1 Å². The summed E-state index contributed by atoms with van der Waals surface area (Å²) in [5.41, 5.74) is 3.42. The summed E-state index contributed by atoms with van der Waals surface area (Å²) in [4.78, 5) is 11.5. The Morgan fingerprint density at radius 2 is 1.90 bits per heavy atom. The zero-order valence-electron chi connectivity index (χ0n) is 13.6. The zero-order valence-corrected chi connectivity index (χ0v) is 13.6. The molecule has 21 heavy (non-hydrogen) atoms. The van der Waals surface area contributed by atoms with Crippen molar-refractivity contribution in [2.45, 2.75) is 59.2 Å². The number of cyclic esters (lactones) is 1. The van der Waals surface area contributed by atoms with Crippen LogP contribution >= 0.6 is 0 Å². The van der Waals surface area contributed by atoms with Crippen LogP contribution in [0.5, 0.6) is 5.75 Å². The van der Waals surface area contributed by atoms with Crippen molar-refractivity contribution in [3.63, 3.8) is 0 Å². The zero-order chi connectivity index (χ0) is 15.6. The van der Waals surface area contributed by atoms with Crippen LogP contribution in [-0.4, -0.2) is 24.2 Å². The lowest BCUT2D eigenvalue weighted by atomic mass is 10.0. The van der Waals surface area contributed by atoms with E-state index >= 15 is 0 Å². The number of esters is 1. The first-order valence-electron chi connectivity index (χ1n) is 7.45. The van der Waals surface area contributed by atoms with E-state index in [1.165, 1.54) is 5.56 Å². The van der Waals surface area contributed by atoms with E-state index < -0.39 is 6.10 Å². The summed E-state index contributed by atoms with van der Waals surface area (Å²) in [5.74, 6) is 0.547. The molecule has 1 fully saturated rings. The van der Waals surface area contributed by atoms with E-state index in [0.29, 0.717) is 13.0 Å². The lowest BCUT2D eigenvalue weighted by Crippen LogP contribution is -2.35. The number of nitrogens with one attached hydrogen (secondary N) is 1. The molecule has 2 rings (SSSR count). The number of hydrogen-bond donors (Lipinski definition) is 1. The molecule has 0 saturated carbocycles. The van der Waals surface area contributed by atoms with Gasteiger partial charge in [0.15, 0.2) is 6.10 Å². The second kappa shape index (κ2) is 6.06. The summed E-state index contributed by atoms with van der Waals surface area (Å²) < 4.78 is 10.8. The Hall–Kier alpha value is -1.55. The molecule has 4 nitrogen and oxygen atoms in total. The van der Waals surface area contributed by atoms with E-state index in [2.05, 4.69) is 38.2 Å². The van der Waals surface area contributed by atoms with Gasteiger partial charge < -0.3 is 14.8 Å². The average molecular weight is 291 g/mol. The molecular weight excluding hydrogens is 266 g/mol. The molecule has 0 aliphatic carbocycles. The van der Waals surface area contributed by atoms with Gasteiger partial charge in [-0.3, -0.25) is 0 Å². The first-order chi connectivity index (χ1) is 9.76. The van der Waals surface area contributed by atoms with Crippen molar-refractivity contribution in [1.29, 1.82) is 0 Å². The quantitative estimate of drug-likeness (QED) is 0.867. The lowest BCUT2D eigenvalue weighted by Gasteiger charge is -2.22. The van der Waals surface area contributed by atoms with Gasteiger partial charge in [-0.15, -0.1) is 0 Å². The molecule has 1 N–H and O–H groups in total. The fourth-order valence-electron chi connectivity index (χ4n) is 2.42. The van der Waals surface area contributed by atoms with Crippen LogP contribution in [0.4, 0.5) is 0 Å². The molecule has 1 aromatic rings. The number of carbonyl (C=O) groups excluding carboxylic acids is 1. The summed E-state index contributed by atoms with van der Waals surface area (Å²) in [6.45, 7) is 11.8. The van der Waals surface area contributed by atoms with Crippen molar-refractivity contribution in [3.8, 4) is 5.75 Å². The Morgan fingerprint density at radius 3 is 2.38 bits per heavy atom. The van der Waals surface area contributed by atoms with E-state index in [1.807, 2.05) is 13.8 Å². The first-order valence-corrected chi connectivity index (χ1v) is 7.45. The predicted octanol–water partition coefficient (Wildman–Crippen LogP) is 2.89. The number of carbonyl (C=O) groups is 1. The highest BCUT2D eigenvalue weighted by molar-refractivity contribution is 5.77. The maximum atomic E-state index is 11.5.